The van der Waals surface area contributed by atoms with E-state index in [0.29, 0.717) is 6.61 Å². The Hall–Kier alpha value is -1.42. The third-order valence-electron chi connectivity index (χ3n) is 1.98. The van der Waals surface area contributed by atoms with Crippen molar-refractivity contribution in [3.8, 4) is 0 Å². The van der Waals surface area contributed by atoms with Crippen LogP contribution in [0.1, 0.15) is 5.69 Å². The number of ether oxygens (including phenoxy) is 1. The van der Waals surface area contributed by atoms with Crippen LogP contribution in [0.25, 0.3) is 11.0 Å². The van der Waals surface area contributed by atoms with Crippen LogP contribution >= 0.6 is 0 Å². The van der Waals surface area contributed by atoms with Crippen LogP contribution in [0, 0.1) is 0 Å². The van der Waals surface area contributed by atoms with Crippen molar-refractivity contribution in [1.82, 2.24) is 15.0 Å². The average Bonchev–Trinajstić information content (AvgIpc) is 2.62. The molecule has 2 aromatic rings. The molecule has 68 valence electrons. The predicted molar refractivity (Wildman–Crippen MR) is 49.5 cm³/mol. The third-order valence-corrected chi connectivity index (χ3v) is 1.98. The number of methoxy groups -OCH3 is 1. The quantitative estimate of drug-likeness (QED) is 0.765. The van der Waals surface area contributed by atoms with Gasteiger partial charge >= 0.3 is 0 Å². The van der Waals surface area contributed by atoms with Gasteiger partial charge in [0.05, 0.1) is 12.3 Å². The highest BCUT2D eigenvalue weighted by Crippen LogP contribution is 2.12. The molecule has 0 aliphatic heterocycles. The standard InChI is InChI=1S/C9H11N3O/c1-13-5-3-8-7-2-4-10-9(7)12-6-11-8/h2,4,6H,3,5H2,1H3,(H,10,11,12). The monoisotopic (exact) mass is 177 g/mol. The zero-order valence-corrected chi connectivity index (χ0v) is 7.45. The molecule has 0 fully saturated rings. The summed E-state index contributed by atoms with van der Waals surface area (Å²) < 4.78 is 5.00. The lowest BCUT2D eigenvalue weighted by molar-refractivity contribution is 0.201. The maximum atomic E-state index is 5.00. The Bertz CT molecular complexity index is 396. The number of hydrogen-bond acceptors (Lipinski definition) is 3. The van der Waals surface area contributed by atoms with Crippen molar-refractivity contribution in [2.45, 2.75) is 6.42 Å². The highest BCUT2D eigenvalue weighted by atomic mass is 16.5. The summed E-state index contributed by atoms with van der Waals surface area (Å²) in [6.45, 7) is 0.692. The van der Waals surface area contributed by atoms with Crippen molar-refractivity contribution < 1.29 is 4.74 Å². The molecule has 13 heavy (non-hydrogen) atoms. The van der Waals surface area contributed by atoms with Gasteiger partial charge in [-0.2, -0.15) is 0 Å². The van der Waals surface area contributed by atoms with Crippen LogP contribution in [0.15, 0.2) is 18.6 Å². The number of fused-ring (bicyclic) bond motifs is 1. The minimum absolute atomic E-state index is 0.692. The first-order valence-electron chi connectivity index (χ1n) is 4.17. The summed E-state index contributed by atoms with van der Waals surface area (Å²) in [5.41, 5.74) is 1.93. The first-order chi connectivity index (χ1) is 6.42. The number of H-pyrrole nitrogens is 1. The van der Waals surface area contributed by atoms with E-state index >= 15 is 0 Å². The van der Waals surface area contributed by atoms with Crippen molar-refractivity contribution in [3.05, 3.63) is 24.3 Å². The topological polar surface area (TPSA) is 50.8 Å². The Morgan fingerprint density at radius 2 is 2.38 bits per heavy atom. The van der Waals surface area contributed by atoms with Gasteiger partial charge in [-0.1, -0.05) is 0 Å². The first-order valence-corrected chi connectivity index (χ1v) is 4.17. The predicted octanol–water partition coefficient (Wildman–Crippen LogP) is 1.15. The zero-order chi connectivity index (χ0) is 9.10. The Morgan fingerprint density at radius 1 is 1.46 bits per heavy atom. The molecule has 0 bridgehead atoms. The number of aromatic nitrogens is 3. The Kier molecular flexibility index (Phi) is 2.23. The molecule has 0 spiro atoms. The van der Waals surface area contributed by atoms with Crippen LogP contribution in [0.2, 0.25) is 0 Å². The SMILES string of the molecule is COCCc1ncnc2[nH]ccc12. The van der Waals surface area contributed by atoms with E-state index in [1.54, 1.807) is 13.4 Å². The molecule has 0 saturated heterocycles. The Morgan fingerprint density at radius 3 is 3.23 bits per heavy atom. The van der Waals surface area contributed by atoms with E-state index in [-0.39, 0.29) is 0 Å². The van der Waals surface area contributed by atoms with Crippen LogP contribution in [0.4, 0.5) is 0 Å². The highest BCUT2D eigenvalue weighted by molar-refractivity contribution is 5.77. The molecular formula is C9H11N3O. The first kappa shape index (κ1) is 8.19. The minimum atomic E-state index is 0.692. The summed E-state index contributed by atoms with van der Waals surface area (Å²) >= 11 is 0. The van der Waals surface area contributed by atoms with Gasteiger partial charge in [-0.05, 0) is 6.07 Å². The van der Waals surface area contributed by atoms with E-state index in [4.69, 9.17) is 4.74 Å². The molecule has 0 aliphatic carbocycles. The van der Waals surface area contributed by atoms with Crippen LogP contribution < -0.4 is 0 Å². The second-order valence-electron chi connectivity index (χ2n) is 2.80. The fraction of sp³-hybridized carbons (Fsp3) is 0.333. The van der Waals surface area contributed by atoms with Crippen molar-refractivity contribution in [1.29, 1.82) is 0 Å². The molecule has 2 aromatic heterocycles. The van der Waals surface area contributed by atoms with Crippen molar-refractivity contribution in [3.63, 3.8) is 0 Å². The lowest BCUT2D eigenvalue weighted by Crippen LogP contribution is -1.98. The summed E-state index contributed by atoms with van der Waals surface area (Å²) in [4.78, 5) is 11.4. The van der Waals surface area contributed by atoms with Gasteiger partial charge in [0.2, 0.25) is 0 Å². The Balaban J connectivity index is 2.37. The number of rotatable bonds is 3. The molecular weight excluding hydrogens is 166 g/mol. The molecule has 0 atom stereocenters. The van der Waals surface area contributed by atoms with E-state index in [2.05, 4.69) is 15.0 Å². The van der Waals surface area contributed by atoms with E-state index in [1.807, 2.05) is 12.3 Å². The van der Waals surface area contributed by atoms with Gasteiger partial charge in [0.25, 0.3) is 0 Å². The zero-order valence-electron chi connectivity index (χ0n) is 7.45. The molecule has 1 N–H and O–H groups in total. The minimum Gasteiger partial charge on any atom is -0.384 e. The molecule has 4 nitrogen and oxygen atoms in total. The fourth-order valence-electron chi connectivity index (χ4n) is 1.32. The van der Waals surface area contributed by atoms with E-state index in [9.17, 15) is 0 Å². The molecule has 0 amide bonds. The highest BCUT2D eigenvalue weighted by Gasteiger charge is 2.02. The summed E-state index contributed by atoms with van der Waals surface area (Å²) in [5, 5.41) is 1.08. The number of nitrogens with one attached hydrogen (secondary N) is 1. The van der Waals surface area contributed by atoms with Crippen LogP contribution in [-0.2, 0) is 11.2 Å². The van der Waals surface area contributed by atoms with E-state index < -0.39 is 0 Å². The molecule has 0 unspecified atom stereocenters. The van der Waals surface area contributed by atoms with Gasteiger partial charge < -0.3 is 9.72 Å². The van der Waals surface area contributed by atoms with Gasteiger partial charge in [0.15, 0.2) is 0 Å². The van der Waals surface area contributed by atoms with Crippen LogP contribution in [0.5, 0.6) is 0 Å². The van der Waals surface area contributed by atoms with Crippen molar-refractivity contribution in [2.75, 3.05) is 13.7 Å². The van der Waals surface area contributed by atoms with Gasteiger partial charge in [0.1, 0.15) is 12.0 Å². The van der Waals surface area contributed by atoms with E-state index in [1.165, 1.54) is 0 Å². The van der Waals surface area contributed by atoms with Gasteiger partial charge in [-0.15, -0.1) is 0 Å². The summed E-state index contributed by atoms with van der Waals surface area (Å²) in [6, 6.07) is 1.99. The smallest absolute Gasteiger partial charge is 0.140 e. The summed E-state index contributed by atoms with van der Waals surface area (Å²) in [7, 11) is 1.69. The molecule has 2 heterocycles. The second kappa shape index (κ2) is 3.53. The maximum Gasteiger partial charge on any atom is 0.140 e. The molecule has 2 rings (SSSR count). The maximum absolute atomic E-state index is 5.00. The molecule has 0 radical (unpaired) electrons. The van der Waals surface area contributed by atoms with Crippen LogP contribution in [-0.4, -0.2) is 28.7 Å². The molecule has 0 saturated carbocycles. The average molecular weight is 177 g/mol. The molecule has 0 aromatic carbocycles. The number of nitrogens with zero attached hydrogens (tertiary/aromatic N) is 2. The lowest BCUT2D eigenvalue weighted by atomic mass is 10.2. The van der Waals surface area contributed by atoms with E-state index in [0.717, 1.165) is 23.1 Å². The molecule has 4 heteroatoms. The number of aromatic amines is 1. The van der Waals surface area contributed by atoms with Crippen molar-refractivity contribution >= 4 is 11.0 Å². The summed E-state index contributed by atoms with van der Waals surface area (Å²) in [6.07, 6.45) is 4.27. The van der Waals surface area contributed by atoms with Crippen molar-refractivity contribution in [2.24, 2.45) is 0 Å². The third kappa shape index (κ3) is 1.53. The molecule has 0 aliphatic rings. The van der Waals surface area contributed by atoms with Crippen LogP contribution in [0.3, 0.4) is 0 Å². The van der Waals surface area contributed by atoms with Gasteiger partial charge in [-0.25, -0.2) is 9.97 Å². The Labute approximate surface area is 76.0 Å². The summed E-state index contributed by atoms with van der Waals surface area (Å²) in [5.74, 6) is 0. The largest absolute Gasteiger partial charge is 0.384 e. The fourth-order valence-corrected chi connectivity index (χ4v) is 1.32. The normalized spacial score (nSPS) is 10.8. The van der Waals surface area contributed by atoms with Gasteiger partial charge in [-0.3, -0.25) is 0 Å². The second-order valence-corrected chi connectivity index (χ2v) is 2.80. The van der Waals surface area contributed by atoms with Gasteiger partial charge in [0, 0.05) is 25.1 Å². The number of hydrogen-bond donors (Lipinski definition) is 1. The lowest BCUT2D eigenvalue weighted by Gasteiger charge is -1.99.